The fourth-order valence-electron chi connectivity index (χ4n) is 5.36. The maximum Gasteiger partial charge on any atom is 0.323 e. The number of nitrogens with zero attached hydrogens (tertiary/aromatic N) is 2. The Bertz CT molecular complexity index is 1650. The number of fused-ring (bicyclic) bond motifs is 3. The quantitative estimate of drug-likeness (QED) is 0.299. The van der Waals surface area contributed by atoms with Crippen LogP contribution in [0.25, 0.3) is 0 Å². The van der Waals surface area contributed by atoms with Gasteiger partial charge in [-0.25, -0.2) is 9.59 Å². The largest absolute Gasteiger partial charge is 0.485 e. The van der Waals surface area contributed by atoms with Gasteiger partial charge in [-0.15, -0.1) is 0 Å². The second-order valence-electron chi connectivity index (χ2n) is 11.3. The van der Waals surface area contributed by atoms with E-state index in [1.807, 2.05) is 6.92 Å². The van der Waals surface area contributed by atoms with Gasteiger partial charge < -0.3 is 54.5 Å². The van der Waals surface area contributed by atoms with Crippen molar-refractivity contribution >= 4 is 35.0 Å². The summed E-state index contributed by atoms with van der Waals surface area (Å²) in [5.41, 5.74) is 1.48. The average Bonchev–Trinajstić information content (AvgIpc) is 3.71. The van der Waals surface area contributed by atoms with Crippen LogP contribution in [-0.4, -0.2) is 85.4 Å². The van der Waals surface area contributed by atoms with Crippen molar-refractivity contribution in [1.29, 1.82) is 0 Å². The lowest BCUT2D eigenvalue weighted by atomic mass is 9.99. The second kappa shape index (κ2) is 12.9. The van der Waals surface area contributed by atoms with Gasteiger partial charge in [-0.1, -0.05) is 13.0 Å². The number of hydrogen-bond donors (Lipinski definition) is 4. The Morgan fingerprint density at radius 1 is 0.935 bits per heavy atom. The SMILES string of the molecule is C[C@@H]1CN([C@@H](C)CO)C(=O)c2cccc(NC(=O)Nc3ccc4c(c3)OCO4)c2O[C@H]1CN(C)C(=O)Nc1ccc2c(c1)OCO2. The summed E-state index contributed by atoms with van der Waals surface area (Å²) in [6.45, 7) is 4.06. The van der Waals surface area contributed by atoms with Crippen LogP contribution in [0.15, 0.2) is 54.6 Å². The Labute approximate surface area is 265 Å². The monoisotopic (exact) mass is 633 g/mol. The topological polar surface area (TPSA) is 160 Å². The molecule has 5 amide bonds. The zero-order valence-corrected chi connectivity index (χ0v) is 25.6. The van der Waals surface area contributed by atoms with Gasteiger partial charge in [0.05, 0.1) is 30.4 Å². The van der Waals surface area contributed by atoms with Crippen LogP contribution in [0.1, 0.15) is 24.2 Å². The third-order valence-corrected chi connectivity index (χ3v) is 7.99. The van der Waals surface area contributed by atoms with Crippen molar-refractivity contribution in [2.24, 2.45) is 5.92 Å². The number of hydrogen-bond acceptors (Lipinski definition) is 9. The molecule has 4 N–H and O–H groups in total. The van der Waals surface area contributed by atoms with E-state index in [9.17, 15) is 19.5 Å². The number of nitrogens with one attached hydrogen (secondary N) is 3. The molecular weight excluding hydrogens is 598 g/mol. The van der Waals surface area contributed by atoms with Crippen molar-refractivity contribution in [1.82, 2.24) is 9.80 Å². The maximum absolute atomic E-state index is 13.8. The molecule has 3 aromatic rings. The molecule has 0 aliphatic carbocycles. The van der Waals surface area contributed by atoms with E-state index in [-0.39, 0.29) is 68.1 Å². The molecule has 0 radical (unpaired) electrons. The molecule has 0 spiro atoms. The van der Waals surface area contributed by atoms with E-state index >= 15 is 0 Å². The summed E-state index contributed by atoms with van der Waals surface area (Å²) in [5.74, 6) is 1.77. The van der Waals surface area contributed by atoms with E-state index in [2.05, 4.69) is 16.0 Å². The van der Waals surface area contributed by atoms with Gasteiger partial charge in [0, 0.05) is 43.0 Å². The molecule has 0 unspecified atom stereocenters. The fourth-order valence-corrected chi connectivity index (χ4v) is 5.36. The van der Waals surface area contributed by atoms with E-state index < -0.39 is 18.2 Å². The zero-order chi connectivity index (χ0) is 32.4. The number of para-hydroxylation sites is 1. The van der Waals surface area contributed by atoms with E-state index in [1.165, 1.54) is 4.90 Å². The Hall–Kier alpha value is -5.37. The van der Waals surface area contributed by atoms with Crippen LogP contribution in [-0.2, 0) is 0 Å². The molecule has 0 aromatic heterocycles. The summed E-state index contributed by atoms with van der Waals surface area (Å²) in [6, 6.07) is 13.6. The number of rotatable bonds is 7. The van der Waals surface area contributed by atoms with Crippen LogP contribution in [0.5, 0.6) is 28.7 Å². The Morgan fingerprint density at radius 3 is 2.22 bits per heavy atom. The first-order valence-electron chi connectivity index (χ1n) is 14.8. The number of benzene rings is 3. The minimum atomic E-state index is -0.604. The summed E-state index contributed by atoms with van der Waals surface area (Å²) in [6.07, 6.45) is -0.604. The summed E-state index contributed by atoms with van der Waals surface area (Å²) in [5, 5.41) is 18.4. The van der Waals surface area contributed by atoms with Crippen LogP contribution in [0, 0.1) is 5.92 Å². The van der Waals surface area contributed by atoms with Crippen molar-refractivity contribution in [2.45, 2.75) is 26.0 Å². The summed E-state index contributed by atoms with van der Waals surface area (Å²) in [4.78, 5) is 43.2. The molecule has 3 aliphatic heterocycles. The standard InChI is InChI=1S/C32H35N5O9/c1-18-13-37(19(2)15-38)30(39)22-5-4-6-23(35-31(40)33-20-7-9-24-26(11-20)44-16-42-24)29(22)46-28(18)14-36(3)32(41)34-21-8-10-25-27(12-21)45-17-43-25/h4-12,18-19,28,38H,13-17H2,1-3H3,(H,34,41)(H2,33,35,40)/t18-,19+,28+/m1/s1. The lowest BCUT2D eigenvalue weighted by molar-refractivity contribution is 0.0373. The van der Waals surface area contributed by atoms with Crippen molar-refractivity contribution in [2.75, 3.05) is 56.3 Å². The van der Waals surface area contributed by atoms with Gasteiger partial charge in [0.1, 0.15) is 6.10 Å². The predicted octanol–water partition coefficient (Wildman–Crippen LogP) is 4.17. The normalized spacial score (nSPS) is 18.4. The highest BCUT2D eigenvalue weighted by molar-refractivity contribution is 6.04. The van der Waals surface area contributed by atoms with Crippen LogP contribution in [0.4, 0.5) is 26.7 Å². The van der Waals surface area contributed by atoms with Crippen LogP contribution < -0.4 is 39.6 Å². The van der Waals surface area contributed by atoms with Crippen molar-refractivity contribution in [3.8, 4) is 28.7 Å². The molecule has 14 nitrogen and oxygen atoms in total. The number of amides is 5. The highest BCUT2D eigenvalue weighted by Crippen LogP contribution is 2.37. The maximum atomic E-state index is 13.8. The lowest BCUT2D eigenvalue weighted by Crippen LogP contribution is -2.50. The highest BCUT2D eigenvalue weighted by Gasteiger charge is 2.35. The van der Waals surface area contributed by atoms with Crippen LogP contribution in [0.2, 0.25) is 0 Å². The third kappa shape index (κ3) is 6.38. The Kier molecular flexibility index (Phi) is 8.61. The minimum absolute atomic E-state index is 0.104. The molecule has 242 valence electrons. The number of carbonyl (C=O) groups excluding carboxylic acids is 3. The number of urea groups is 2. The molecule has 0 fully saturated rings. The van der Waals surface area contributed by atoms with Gasteiger partial charge in [0.2, 0.25) is 13.6 Å². The van der Waals surface area contributed by atoms with E-state index in [0.717, 1.165) is 0 Å². The summed E-state index contributed by atoms with van der Waals surface area (Å²) < 4.78 is 28.0. The van der Waals surface area contributed by atoms with E-state index in [0.29, 0.717) is 34.4 Å². The number of aliphatic hydroxyl groups is 1. The van der Waals surface area contributed by atoms with Crippen LogP contribution >= 0.6 is 0 Å². The number of carbonyl (C=O) groups is 3. The van der Waals surface area contributed by atoms with Gasteiger partial charge in [0.25, 0.3) is 5.91 Å². The van der Waals surface area contributed by atoms with Gasteiger partial charge in [-0.2, -0.15) is 0 Å². The second-order valence-corrected chi connectivity index (χ2v) is 11.3. The number of anilines is 3. The van der Waals surface area contributed by atoms with E-state index in [4.69, 9.17) is 23.7 Å². The van der Waals surface area contributed by atoms with Crippen molar-refractivity contribution < 1.29 is 43.2 Å². The zero-order valence-electron chi connectivity index (χ0n) is 25.6. The van der Waals surface area contributed by atoms with E-state index in [1.54, 1.807) is 73.5 Å². The average molecular weight is 634 g/mol. The molecule has 3 atom stereocenters. The Morgan fingerprint density at radius 2 is 1.57 bits per heavy atom. The fraction of sp³-hybridized carbons (Fsp3) is 0.344. The van der Waals surface area contributed by atoms with Gasteiger partial charge in [-0.05, 0) is 43.3 Å². The first-order valence-corrected chi connectivity index (χ1v) is 14.8. The predicted molar refractivity (Wildman–Crippen MR) is 167 cm³/mol. The highest BCUT2D eigenvalue weighted by atomic mass is 16.7. The number of ether oxygens (including phenoxy) is 5. The molecule has 6 rings (SSSR count). The number of likely N-dealkylation sites (N-methyl/N-ethyl adjacent to an activating group) is 1. The lowest BCUT2D eigenvalue weighted by Gasteiger charge is -2.38. The first-order chi connectivity index (χ1) is 22.2. The van der Waals surface area contributed by atoms with Crippen LogP contribution in [0.3, 0.4) is 0 Å². The molecule has 0 saturated carbocycles. The molecule has 0 bridgehead atoms. The molecular formula is C32H35N5O9. The molecule has 3 aliphatic rings. The van der Waals surface area contributed by atoms with Crippen molar-refractivity contribution in [3.63, 3.8) is 0 Å². The summed E-state index contributed by atoms with van der Waals surface area (Å²) in [7, 11) is 1.64. The molecule has 14 heteroatoms. The third-order valence-electron chi connectivity index (χ3n) is 7.99. The first kappa shape index (κ1) is 30.6. The van der Waals surface area contributed by atoms with Gasteiger partial charge in [0.15, 0.2) is 28.7 Å². The molecule has 3 aromatic carbocycles. The smallest absolute Gasteiger partial charge is 0.323 e. The molecule has 46 heavy (non-hydrogen) atoms. The Balaban J connectivity index is 1.23. The summed E-state index contributed by atoms with van der Waals surface area (Å²) >= 11 is 0. The minimum Gasteiger partial charge on any atom is -0.485 e. The van der Waals surface area contributed by atoms with Gasteiger partial charge >= 0.3 is 12.1 Å². The van der Waals surface area contributed by atoms with Crippen molar-refractivity contribution in [3.05, 3.63) is 60.2 Å². The number of aliphatic hydroxyl groups excluding tert-OH is 1. The van der Waals surface area contributed by atoms with Gasteiger partial charge in [-0.3, -0.25) is 4.79 Å². The molecule has 3 heterocycles. The molecule has 0 saturated heterocycles.